The highest BCUT2D eigenvalue weighted by Gasteiger charge is 2.32. The minimum Gasteiger partial charge on any atom is -0.370 e. The van der Waals surface area contributed by atoms with Gasteiger partial charge in [0.15, 0.2) is 17.9 Å². The lowest BCUT2D eigenvalue weighted by atomic mass is 9.99. The Morgan fingerprint density at radius 1 is 0.436 bits per heavy atom. The van der Waals surface area contributed by atoms with Crippen LogP contribution in [0.2, 0.25) is 0 Å². The second kappa shape index (κ2) is 26.4. The maximum Gasteiger partial charge on any atom is 0.243 e. The molecule has 19 N–H and O–H groups in total. The first-order valence-corrected chi connectivity index (χ1v) is 18.6. The molecule has 0 rings (SSSR count). The van der Waals surface area contributed by atoms with Crippen molar-refractivity contribution in [3.05, 3.63) is 0 Å². The van der Waals surface area contributed by atoms with E-state index in [2.05, 4.69) is 41.6 Å². The number of hydrogen-bond acceptors (Lipinski definition) is 9. The highest BCUT2D eigenvalue weighted by atomic mass is 16.2. The average molecular weight is 782 g/mol. The average Bonchev–Trinajstić information content (AvgIpc) is 3.07. The van der Waals surface area contributed by atoms with Gasteiger partial charge in [-0.3, -0.25) is 43.7 Å². The zero-order valence-corrected chi connectivity index (χ0v) is 33.2. The van der Waals surface area contributed by atoms with Gasteiger partial charge in [-0.05, 0) is 70.1 Å². The van der Waals surface area contributed by atoms with E-state index < -0.39 is 71.6 Å². The number of carbonyl (C=O) groups excluding carboxylic acids is 6. The van der Waals surface area contributed by atoms with Crippen LogP contribution in [0.3, 0.4) is 0 Å². The van der Waals surface area contributed by atoms with Gasteiger partial charge in [0, 0.05) is 25.6 Å². The summed E-state index contributed by atoms with van der Waals surface area (Å²) in [7, 11) is 0. The van der Waals surface area contributed by atoms with Crippen LogP contribution >= 0.6 is 0 Å². The van der Waals surface area contributed by atoms with Crippen LogP contribution in [0.1, 0.15) is 92.9 Å². The van der Waals surface area contributed by atoms with Gasteiger partial charge < -0.3 is 66.7 Å². The van der Waals surface area contributed by atoms with E-state index in [1.165, 1.54) is 6.92 Å². The molecule has 0 unspecified atom stereocenters. The van der Waals surface area contributed by atoms with Crippen LogP contribution in [0.15, 0.2) is 15.0 Å². The minimum absolute atomic E-state index is 0.0246. The minimum atomic E-state index is -1.19. The fourth-order valence-electron chi connectivity index (χ4n) is 5.20. The highest BCUT2D eigenvalue weighted by molar-refractivity contribution is 5.96. The van der Waals surface area contributed by atoms with Crippen LogP contribution in [-0.2, 0) is 28.8 Å². The summed E-state index contributed by atoms with van der Waals surface area (Å²) in [5.74, 6) is -4.69. The number of hydrogen-bond donors (Lipinski definition) is 12. The molecule has 21 nitrogen and oxygen atoms in total. The standard InChI is InChI=1S/C34H67N15O6/c1-18(2)16-24(30(54)45-21(6)26(35)50)49-31(55)25(17-19(3)4)48-29(53)23(12-9-15-44-34(40)41)47-28(52)22(11-8-14-43-33(38)39)46-27(51)20(5)10-7-13-42-32(36)37/h18-25H,7-17H2,1-6H3,(H2,35,50)(H,45,54)(H,46,51)(H,47,52)(H,48,53)(H,49,55)(H4,36,37,42)(H4,38,39,43)(H4,40,41,44)/t20-,21-,22-,23-,24-,25-/m0/s1. The molecule has 0 spiro atoms. The summed E-state index contributed by atoms with van der Waals surface area (Å²) in [6.07, 6.45) is 2.14. The van der Waals surface area contributed by atoms with E-state index in [1.54, 1.807) is 6.92 Å². The van der Waals surface area contributed by atoms with Crippen molar-refractivity contribution in [2.75, 3.05) is 19.6 Å². The van der Waals surface area contributed by atoms with E-state index in [-0.39, 0.29) is 74.9 Å². The maximum atomic E-state index is 13.9. The van der Waals surface area contributed by atoms with Gasteiger partial charge >= 0.3 is 0 Å². The molecule has 55 heavy (non-hydrogen) atoms. The zero-order valence-electron chi connectivity index (χ0n) is 33.2. The van der Waals surface area contributed by atoms with Crippen molar-refractivity contribution in [3.63, 3.8) is 0 Å². The number of primary amides is 1. The van der Waals surface area contributed by atoms with E-state index in [0.717, 1.165) is 0 Å². The first-order chi connectivity index (χ1) is 25.6. The first kappa shape index (κ1) is 49.6. The molecule has 0 bridgehead atoms. The van der Waals surface area contributed by atoms with E-state index in [0.29, 0.717) is 25.8 Å². The number of rotatable bonds is 27. The van der Waals surface area contributed by atoms with Gasteiger partial charge in [0.1, 0.15) is 30.2 Å². The molecule has 0 aliphatic heterocycles. The summed E-state index contributed by atoms with van der Waals surface area (Å²) in [6, 6.07) is -5.40. The molecular formula is C34H67N15O6. The van der Waals surface area contributed by atoms with Gasteiger partial charge in [-0.15, -0.1) is 0 Å². The fourth-order valence-corrected chi connectivity index (χ4v) is 5.20. The Morgan fingerprint density at radius 3 is 1.09 bits per heavy atom. The Morgan fingerprint density at radius 2 is 0.745 bits per heavy atom. The molecule has 21 heteroatoms. The predicted molar refractivity (Wildman–Crippen MR) is 212 cm³/mol. The number of nitrogens with zero attached hydrogens (tertiary/aromatic N) is 3. The Kier molecular flexibility index (Phi) is 23.8. The fraction of sp³-hybridized carbons (Fsp3) is 0.735. The summed E-state index contributed by atoms with van der Waals surface area (Å²) in [6.45, 7) is 11.2. The molecule has 6 atom stereocenters. The molecule has 0 aromatic rings. The van der Waals surface area contributed by atoms with Crippen molar-refractivity contribution in [1.29, 1.82) is 0 Å². The van der Waals surface area contributed by atoms with Gasteiger partial charge in [-0.1, -0.05) is 34.6 Å². The Labute approximate surface area is 324 Å². The molecule has 0 aromatic carbocycles. The van der Waals surface area contributed by atoms with Crippen LogP contribution in [-0.4, -0.2) is 103 Å². The Balaban J connectivity index is 6.34. The topological polar surface area (TPSA) is 382 Å². The number of nitrogens with two attached hydrogens (primary N) is 7. The lowest BCUT2D eigenvalue weighted by Crippen LogP contribution is -2.59. The molecule has 0 radical (unpaired) electrons. The molecule has 0 heterocycles. The van der Waals surface area contributed by atoms with E-state index in [4.69, 9.17) is 40.1 Å². The SMILES string of the molecule is CC(C)C[C@H](NC(=O)[C@H](CC(C)C)NC(=O)[C@H](CCCN=C(N)N)NC(=O)[C@H](CCCN=C(N)N)NC(=O)[C@@H](C)CCCN=C(N)N)C(=O)N[C@@H](C)C(N)=O. The molecule has 6 amide bonds. The lowest BCUT2D eigenvalue weighted by molar-refractivity contribution is -0.135. The van der Waals surface area contributed by atoms with Gasteiger partial charge in [-0.25, -0.2) is 0 Å². The summed E-state index contributed by atoms with van der Waals surface area (Å²) in [5.41, 5.74) is 37.9. The van der Waals surface area contributed by atoms with Gasteiger partial charge in [-0.2, -0.15) is 0 Å². The molecule has 0 fully saturated rings. The van der Waals surface area contributed by atoms with Crippen LogP contribution in [0.25, 0.3) is 0 Å². The third-order valence-electron chi connectivity index (χ3n) is 8.16. The van der Waals surface area contributed by atoms with Crippen LogP contribution < -0.4 is 66.7 Å². The number of amides is 6. The van der Waals surface area contributed by atoms with Gasteiger partial charge in [0.25, 0.3) is 0 Å². The Hall–Kier alpha value is -5.37. The van der Waals surface area contributed by atoms with Crippen LogP contribution in [0.4, 0.5) is 0 Å². The van der Waals surface area contributed by atoms with Crippen molar-refractivity contribution in [2.45, 2.75) is 123 Å². The van der Waals surface area contributed by atoms with Crippen LogP contribution in [0.5, 0.6) is 0 Å². The molecule has 314 valence electrons. The largest absolute Gasteiger partial charge is 0.370 e. The molecule has 0 saturated carbocycles. The van der Waals surface area contributed by atoms with Crippen molar-refractivity contribution < 1.29 is 28.8 Å². The summed E-state index contributed by atoms with van der Waals surface area (Å²) >= 11 is 0. The number of aliphatic imine (C=N–C) groups is 3. The van der Waals surface area contributed by atoms with Crippen molar-refractivity contribution >= 4 is 53.3 Å². The normalized spacial score (nSPS) is 14.2. The number of guanidine groups is 3. The first-order valence-electron chi connectivity index (χ1n) is 18.6. The van der Waals surface area contributed by atoms with Crippen molar-refractivity contribution in [2.24, 2.45) is 72.9 Å². The highest BCUT2D eigenvalue weighted by Crippen LogP contribution is 2.12. The van der Waals surface area contributed by atoms with E-state index in [1.807, 2.05) is 27.7 Å². The predicted octanol–water partition coefficient (Wildman–Crippen LogP) is -3.20. The van der Waals surface area contributed by atoms with Gasteiger partial charge in [0.05, 0.1) is 0 Å². The van der Waals surface area contributed by atoms with E-state index >= 15 is 0 Å². The summed E-state index contributed by atoms with van der Waals surface area (Å²) in [4.78, 5) is 91.1. The lowest BCUT2D eigenvalue weighted by Gasteiger charge is -2.28. The molecule has 0 saturated heterocycles. The molecular weight excluding hydrogens is 714 g/mol. The van der Waals surface area contributed by atoms with E-state index in [9.17, 15) is 28.8 Å². The zero-order chi connectivity index (χ0) is 42.2. The molecule has 0 aliphatic rings. The maximum absolute atomic E-state index is 13.9. The second-order valence-corrected chi connectivity index (χ2v) is 14.4. The number of nitrogens with one attached hydrogen (secondary N) is 5. The van der Waals surface area contributed by atoms with Crippen molar-refractivity contribution in [3.8, 4) is 0 Å². The third-order valence-corrected chi connectivity index (χ3v) is 8.16. The monoisotopic (exact) mass is 782 g/mol. The summed E-state index contributed by atoms with van der Waals surface area (Å²) in [5, 5.41) is 13.5. The van der Waals surface area contributed by atoms with Crippen LogP contribution in [0, 0.1) is 17.8 Å². The smallest absolute Gasteiger partial charge is 0.243 e. The second-order valence-electron chi connectivity index (χ2n) is 14.4. The van der Waals surface area contributed by atoms with Gasteiger partial charge in [0.2, 0.25) is 35.4 Å². The summed E-state index contributed by atoms with van der Waals surface area (Å²) < 4.78 is 0. The molecule has 0 aliphatic carbocycles. The quantitative estimate of drug-likeness (QED) is 0.0223. The van der Waals surface area contributed by atoms with Crippen molar-refractivity contribution in [1.82, 2.24) is 26.6 Å². The third kappa shape index (κ3) is 23.1. The number of carbonyl (C=O) groups is 6. The molecule has 0 aromatic heterocycles. The Bertz CT molecular complexity index is 1340.